The van der Waals surface area contributed by atoms with Crippen molar-refractivity contribution in [1.29, 1.82) is 0 Å². The summed E-state index contributed by atoms with van der Waals surface area (Å²) >= 11 is 0. The molecule has 0 aliphatic carbocycles. The van der Waals surface area contributed by atoms with Crippen LogP contribution in [0.4, 0.5) is 0 Å². The van der Waals surface area contributed by atoms with Gasteiger partial charge in [-0.3, -0.25) is 4.79 Å². The Bertz CT molecular complexity index is 845. The summed E-state index contributed by atoms with van der Waals surface area (Å²) in [6.07, 6.45) is 1.03. The largest absolute Gasteiger partial charge is 0.504 e. The highest BCUT2D eigenvalue weighted by Crippen LogP contribution is 2.44. The minimum absolute atomic E-state index is 0.146. The van der Waals surface area contributed by atoms with E-state index in [0.29, 0.717) is 24.9 Å². The quantitative estimate of drug-likeness (QED) is 0.556. The highest BCUT2D eigenvalue weighted by Gasteiger charge is 2.39. The lowest BCUT2D eigenvalue weighted by atomic mass is 9.83. The molecule has 0 radical (unpaired) electrons. The smallest absolute Gasteiger partial charge is 0.258 e. The van der Waals surface area contributed by atoms with Crippen molar-refractivity contribution in [3.8, 4) is 23.0 Å². The van der Waals surface area contributed by atoms with E-state index in [4.69, 9.17) is 0 Å². The van der Waals surface area contributed by atoms with Crippen molar-refractivity contribution in [2.24, 2.45) is 0 Å². The van der Waals surface area contributed by atoms with Crippen molar-refractivity contribution in [3.63, 3.8) is 0 Å². The maximum absolute atomic E-state index is 12.7. The van der Waals surface area contributed by atoms with E-state index in [1.54, 1.807) is 11.0 Å². The minimum Gasteiger partial charge on any atom is -0.504 e. The van der Waals surface area contributed by atoms with Crippen LogP contribution in [0.25, 0.3) is 0 Å². The SMILES string of the molecule is O=C1c2c(ccc(O)c2O)CC2c3cc(O)c(O)cc3CCN12. The molecular formula is C17H15NO5. The number of carbonyl (C=O) groups is 1. The number of amides is 1. The lowest BCUT2D eigenvalue weighted by Gasteiger charge is -2.41. The number of phenols is 4. The molecule has 118 valence electrons. The fraction of sp³-hybridized carbons (Fsp3) is 0.235. The Labute approximate surface area is 131 Å². The predicted octanol–water partition coefficient (Wildman–Crippen LogP) is 1.80. The normalized spacial score (nSPS) is 19.0. The molecule has 0 spiro atoms. The van der Waals surface area contributed by atoms with Gasteiger partial charge in [0.2, 0.25) is 0 Å². The molecule has 6 heteroatoms. The highest BCUT2D eigenvalue weighted by atomic mass is 16.3. The van der Waals surface area contributed by atoms with Crippen molar-refractivity contribution >= 4 is 5.91 Å². The van der Waals surface area contributed by atoms with Crippen LogP contribution in [0.1, 0.15) is 33.1 Å². The van der Waals surface area contributed by atoms with E-state index in [0.717, 1.165) is 11.1 Å². The average Bonchev–Trinajstić information content (AvgIpc) is 2.52. The Morgan fingerprint density at radius 1 is 0.957 bits per heavy atom. The van der Waals surface area contributed by atoms with Crippen molar-refractivity contribution in [2.75, 3.05) is 6.54 Å². The second-order valence-corrected chi connectivity index (χ2v) is 5.98. The molecule has 1 atom stereocenters. The number of aromatic hydroxyl groups is 4. The summed E-state index contributed by atoms with van der Waals surface area (Å²) in [7, 11) is 0. The molecule has 4 N–H and O–H groups in total. The molecule has 1 amide bonds. The van der Waals surface area contributed by atoms with E-state index in [9.17, 15) is 25.2 Å². The molecule has 2 aliphatic rings. The monoisotopic (exact) mass is 313 g/mol. The van der Waals surface area contributed by atoms with Crippen LogP contribution >= 0.6 is 0 Å². The van der Waals surface area contributed by atoms with Gasteiger partial charge in [-0.25, -0.2) is 0 Å². The Hall–Kier alpha value is -2.89. The number of hydrogen-bond acceptors (Lipinski definition) is 5. The van der Waals surface area contributed by atoms with Crippen LogP contribution < -0.4 is 0 Å². The first-order valence-corrected chi connectivity index (χ1v) is 7.37. The van der Waals surface area contributed by atoms with Crippen LogP contribution in [0.5, 0.6) is 23.0 Å². The fourth-order valence-corrected chi connectivity index (χ4v) is 3.57. The molecule has 2 heterocycles. The molecule has 0 saturated heterocycles. The second-order valence-electron chi connectivity index (χ2n) is 5.98. The van der Waals surface area contributed by atoms with Crippen LogP contribution in [-0.4, -0.2) is 37.8 Å². The first-order chi connectivity index (χ1) is 11.0. The van der Waals surface area contributed by atoms with Crippen LogP contribution in [0, 0.1) is 0 Å². The zero-order chi connectivity index (χ0) is 16.3. The molecule has 4 rings (SSSR count). The minimum atomic E-state index is -0.384. The first-order valence-electron chi connectivity index (χ1n) is 7.37. The third-order valence-electron chi connectivity index (χ3n) is 4.72. The Kier molecular flexibility index (Phi) is 2.72. The van der Waals surface area contributed by atoms with Crippen LogP contribution in [0.2, 0.25) is 0 Å². The van der Waals surface area contributed by atoms with Gasteiger partial charge in [-0.1, -0.05) is 6.07 Å². The lowest BCUT2D eigenvalue weighted by molar-refractivity contribution is 0.0626. The first kappa shape index (κ1) is 13.8. The number of hydrogen-bond donors (Lipinski definition) is 4. The van der Waals surface area contributed by atoms with Crippen molar-refractivity contribution in [1.82, 2.24) is 4.90 Å². The van der Waals surface area contributed by atoms with Gasteiger partial charge < -0.3 is 25.3 Å². The number of nitrogens with zero attached hydrogens (tertiary/aromatic N) is 1. The molecule has 6 nitrogen and oxygen atoms in total. The van der Waals surface area contributed by atoms with Crippen molar-refractivity contribution in [3.05, 3.63) is 46.5 Å². The molecule has 0 fully saturated rings. The van der Waals surface area contributed by atoms with Gasteiger partial charge in [0.25, 0.3) is 5.91 Å². The van der Waals surface area contributed by atoms with Crippen LogP contribution in [0.15, 0.2) is 24.3 Å². The molecule has 2 aromatic rings. The predicted molar refractivity (Wildman–Crippen MR) is 80.7 cm³/mol. The van der Waals surface area contributed by atoms with Gasteiger partial charge in [-0.2, -0.15) is 0 Å². The number of benzene rings is 2. The molecule has 2 aliphatic heterocycles. The Balaban J connectivity index is 1.87. The van der Waals surface area contributed by atoms with Crippen LogP contribution in [-0.2, 0) is 12.8 Å². The summed E-state index contributed by atoms with van der Waals surface area (Å²) in [6.45, 7) is 0.454. The van der Waals surface area contributed by atoms with Gasteiger partial charge in [0.15, 0.2) is 23.0 Å². The van der Waals surface area contributed by atoms with Gasteiger partial charge >= 0.3 is 0 Å². The van der Waals surface area contributed by atoms with E-state index in [-0.39, 0.29) is 40.5 Å². The Morgan fingerprint density at radius 2 is 1.70 bits per heavy atom. The van der Waals surface area contributed by atoms with Gasteiger partial charge in [0.1, 0.15) is 0 Å². The summed E-state index contributed by atoms with van der Waals surface area (Å²) in [5.74, 6) is -1.40. The fourth-order valence-electron chi connectivity index (χ4n) is 3.57. The summed E-state index contributed by atoms with van der Waals surface area (Å²) in [4.78, 5) is 14.4. The number of carbonyl (C=O) groups excluding carboxylic acids is 1. The van der Waals surface area contributed by atoms with E-state index < -0.39 is 0 Å². The third kappa shape index (κ3) is 1.84. The van der Waals surface area contributed by atoms with E-state index >= 15 is 0 Å². The van der Waals surface area contributed by atoms with Crippen molar-refractivity contribution < 1.29 is 25.2 Å². The van der Waals surface area contributed by atoms with E-state index in [2.05, 4.69) is 0 Å². The molecule has 1 unspecified atom stereocenters. The second kappa shape index (κ2) is 4.55. The van der Waals surface area contributed by atoms with E-state index in [1.807, 2.05) is 0 Å². The third-order valence-corrected chi connectivity index (χ3v) is 4.72. The number of fused-ring (bicyclic) bond motifs is 4. The zero-order valence-electron chi connectivity index (χ0n) is 12.2. The highest BCUT2D eigenvalue weighted by molar-refractivity contribution is 6.00. The summed E-state index contributed by atoms with van der Waals surface area (Å²) in [5.41, 5.74) is 2.51. The standard InChI is InChI=1S/C17H15NO5/c19-12-2-1-9-5-11-10-7-14(21)13(20)6-8(10)3-4-18(11)17(23)15(9)16(12)22/h1-2,6-7,11,19-22H,3-5H2. The van der Waals surface area contributed by atoms with Gasteiger partial charge in [0, 0.05) is 6.54 Å². The molecule has 0 aromatic heterocycles. The van der Waals surface area contributed by atoms with E-state index in [1.165, 1.54) is 18.2 Å². The maximum Gasteiger partial charge on any atom is 0.258 e. The van der Waals surface area contributed by atoms with Gasteiger partial charge in [0.05, 0.1) is 11.6 Å². The average molecular weight is 313 g/mol. The summed E-state index contributed by atoms with van der Waals surface area (Å²) in [5, 5.41) is 39.1. The van der Waals surface area contributed by atoms with Gasteiger partial charge in [-0.15, -0.1) is 0 Å². The molecular weight excluding hydrogens is 298 g/mol. The van der Waals surface area contributed by atoms with Crippen molar-refractivity contribution in [2.45, 2.75) is 18.9 Å². The Morgan fingerprint density at radius 3 is 2.48 bits per heavy atom. The zero-order valence-corrected chi connectivity index (χ0v) is 12.2. The summed E-state index contributed by atoms with van der Waals surface area (Å²) in [6, 6.07) is 5.79. The summed E-state index contributed by atoms with van der Waals surface area (Å²) < 4.78 is 0. The molecule has 2 aromatic carbocycles. The van der Waals surface area contributed by atoms with Crippen LogP contribution in [0.3, 0.4) is 0 Å². The molecule has 0 saturated carbocycles. The lowest BCUT2D eigenvalue weighted by Crippen LogP contribution is -2.44. The molecule has 0 bridgehead atoms. The topological polar surface area (TPSA) is 101 Å². The van der Waals surface area contributed by atoms with Gasteiger partial charge in [-0.05, 0) is 47.7 Å². The maximum atomic E-state index is 12.7. The number of phenolic OH excluding ortho intramolecular Hbond substituents is 4. The molecule has 23 heavy (non-hydrogen) atoms. The number of rotatable bonds is 0.